The minimum Gasteiger partial charge on any atom is -0.456 e. The molecule has 3 nitrogen and oxygen atoms in total. The number of benzene rings is 2. The number of ether oxygens (including phenoxy) is 1. The first kappa shape index (κ1) is 15.0. The Morgan fingerprint density at radius 1 is 1.14 bits per heavy atom. The van der Waals surface area contributed by atoms with Gasteiger partial charge in [0, 0.05) is 34.0 Å². The molecule has 3 rings (SSSR count). The molecule has 1 aliphatic heterocycles. The van der Waals surface area contributed by atoms with Crippen molar-refractivity contribution in [1.82, 2.24) is 5.32 Å². The van der Waals surface area contributed by atoms with E-state index in [0.717, 1.165) is 47.2 Å². The first-order chi connectivity index (χ1) is 10.8. The third kappa shape index (κ3) is 3.29. The van der Waals surface area contributed by atoms with Crippen LogP contribution < -0.4 is 15.8 Å². The molecule has 2 aromatic rings. The van der Waals surface area contributed by atoms with Gasteiger partial charge in [-0.1, -0.05) is 25.1 Å². The monoisotopic (exact) mass is 312 g/mol. The minimum atomic E-state index is 0.751. The van der Waals surface area contributed by atoms with E-state index in [9.17, 15) is 0 Å². The van der Waals surface area contributed by atoms with Gasteiger partial charge in [-0.25, -0.2) is 0 Å². The minimum absolute atomic E-state index is 0.751. The molecular weight excluding hydrogens is 292 g/mol. The van der Waals surface area contributed by atoms with E-state index in [-0.39, 0.29) is 0 Å². The van der Waals surface area contributed by atoms with Crippen molar-refractivity contribution < 1.29 is 4.74 Å². The molecule has 4 heteroatoms. The largest absolute Gasteiger partial charge is 0.456 e. The van der Waals surface area contributed by atoms with Crippen molar-refractivity contribution in [2.75, 3.05) is 24.6 Å². The van der Waals surface area contributed by atoms with E-state index in [2.05, 4.69) is 24.4 Å². The number of nitrogens with one attached hydrogen (secondary N) is 1. The predicted octanol–water partition coefficient (Wildman–Crippen LogP) is 4.22. The molecular formula is C18H20N2OS. The fraction of sp³-hybridized carbons (Fsp3) is 0.222. The average molecular weight is 312 g/mol. The van der Waals surface area contributed by atoms with Crippen LogP contribution in [0.4, 0.5) is 5.69 Å². The molecule has 0 bridgehead atoms. The van der Waals surface area contributed by atoms with Crippen LogP contribution in [0.25, 0.3) is 11.0 Å². The molecule has 22 heavy (non-hydrogen) atoms. The average Bonchev–Trinajstić information content (AvgIpc) is 2.68. The van der Waals surface area contributed by atoms with Gasteiger partial charge >= 0.3 is 0 Å². The summed E-state index contributed by atoms with van der Waals surface area (Å²) in [5.41, 5.74) is 8.84. The van der Waals surface area contributed by atoms with E-state index >= 15 is 0 Å². The maximum absolute atomic E-state index is 6.08. The smallest absolute Gasteiger partial charge is 0.135 e. The van der Waals surface area contributed by atoms with E-state index in [0.29, 0.717) is 0 Å². The fourth-order valence-electron chi connectivity index (χ4n) is 2.40. The number of nitrogens with two attached hydrogens (primary N) is 1. The molecule has 0 spiro atoms. The number of nitrogen functional groups attached to an aromatic ring is 1. The van der Waals surface area contributed by atoms with Gasteiger partial charge in [-0.3, -0.25) is 0 Å². The van der Waals surface area contributed by atoms with Crippen molar-refractivity contribution in [2.45, 2.75) is 6.92 Å². The van der Waals surface area contributed by atoms with Crippen molar-refractivity contribution in [3.8, 4) is 11.5 Å². The van der Waals surface area contributed by atoms with Gasteiger partial charge in [-0.05, 0) is 36.9 Å². The normalized spacial score (nSPS) is 12.7. The van der Waals surface area contributed by atoms with Crippen LogP contribution in [0.1, 0.15) is 18.1 Å². The van der Waals surface area contributed by atoms with Crippen molar-refractivity contribution >= 4 is 28.4 Å². The second kappa shape index (κ2) is 6.90. The zero-order chi connectivity index (χ0) is 15.4. The number of hydrogen-bond donors (Lipinski definition) is 2. The lowest BCUT2D eigenvalue weighted by atomic mass is 10.1. The summed E-state index contributed by atoms with van der Waals surface area (Å²) in [7, 11) is 0. The van der Waals surface area contributed by atoms with Gasteiger partial charge in [0.25, 0.3) is 0 Å². The molecule has 0 atom stereocenters. The second-order valence-corrected chi connectivity index (χ2v) is 6.24. The molecule has 1 heterocycles. The van der Waals surface area contributed by atoms with Crippen LogP contribution in [0, 0.1) is 0 Å². The number of rotatable bonds is 5. The molecule has 114 valence electrons. The van der Waals surface area contributed by atoms with Gasteiger partial charge in [0.05, 0.1) is 0 Å². The Labute approximate surface area is 135 Å². The van der Waals surface area contributed by atoms with Gasteiger partial charge in [-0.15, -0.1) is 11.8 Å². The van der Waals surface area contributed by atoms with Crippen LogP contribution in [0.5, 0.6) is 11.5 Å². The zero-order valence-electron chi connectivity index (χ0n) is 12.6. The summed E-state index contributed by atoms with van der Waals surface area (Å²) in [5.74, 6) is 2.77. The summed E-state index contributed by atoms with van der Waals surface area (Å²) in [6.45, 7) is 4.11. The maximum Gasteiger partial charge on any atom is 0.135 e. The molecule has 0 saturated carbocycles. The van der Waals surface area contributed by atoms with Crippen LogP contribution in [-0.2, 0) is 0 Å². The fourth-order valence-corrected chi connectivity index (χ4v) is 3.40. The zero-order valence-corrected chi connectivity index (χ0v) is 13.5. The van der Waals surface area contributed by atoms with Gasteiger partial charge < -0.3 is 15.8 Å². The van der Waals surface area contributed by atoms with E-state index < -0.39 is 0 Å². The Balaban J connectivity index is 1.96. The number of hydrogen-bond acceptors (Lipinski definition) is 4. The molecule has 0 saturated heterocycles. The highest BCUT2D eigenvalue weighted by Gasteiger charge is 2.16. The second-order valence-electron chi connectivity index (χ2n) is 5.11. The highest BCUT2D eigenvalue weighted by Crippen LogP contribution is 2.42. The van der Waals surface area contributed by atoms with Crippen molar-refractivity contribution in [3.05, 3.63) is 53.6 Å². The summed E-state index contributed by atoms with van der Waals surface area (Å²) in [6, 6.07) is 13.9. The van der Waals surface area contributed by atoms with Crippen molar-refractivity contribution in [2.24, 2.45) is 0 Å². The Bertz CT molecular complexity index is 697. The molecule has 2 aromatic carbocycles. The first-order valence-corrected chi connectivity index (χ1v) is 8.48. The molecule has 0 fully saturated rings. The Kier molecular flexibility index (Phi) is 4.71. The molecule has 0 aliphatic carbocycles. The molecule has 0 unspecified atom stereocenters. The standard InChI is InChI=1S/C18H20N2OS/c1-2-20-9-10-22-18-12-13-11-14(19)7-8-16(13)21-17-6-4-3-5-15(17)18/h3-8,11-12,20H,2,9-10,19H2,1H3. The molecule has 0 aromatic heterocycles. The summed E-state index contributed by atoms with van der Waals surface area (Å²) in [5, 5.41) is 3.36. The highest BCUT2D eigenvalue weighted by molar-refractivity contribution is 8.08. The quantitative estimate of drug-likeness (QED) is 0.641. The summed E-state index contributed by atoms with van der Waals surface area (Å²) >= 11 is 1.84. The third-order valence-electron chi connectivity index (χ3n) is 3.48. The van der Waals surface area contributed by atoms with E-state index in [1.807, 2.05) is 48.2 Å². The van der Waals surface area contributed by atoms with Crippen molar-refractivity contribution in [1.29, 1.82) is 0 Å². The SMILES string of the molecule is CCNCCSC1=Cc2cc(N)ccc2Oc2ccccc21. The molecule has 3 N–H and O–H groups in total. The van der Waals surface area contributed by atoms with Crippen LogP contribution in [-0.4, -0.2) is 18.8 Å². The number of fused-ring (bicyclic) bond motifs is 2. The Morgan fingerprint density at radius 3 is 2.86 bits per heavy atom. The number of anilines is 1. The Morgan fingerprint density at radius 2 is 2.00 bits per heavy atom. The van der Waals surface area contributed by atoms with Gasteiger partial charge in [0.15, 0.2) is 0 Å². The lowest BCUT2D eigenvalue weighted by Crippen LogP contribution is -2.15. The third-order valence-corrected chi connectivity index (χ3v) is 4.54. The first-order valence-electron chi connectivity index (χ1n) is 7.50. The van der Waals surface area contributed by atoms with Crippen LogP contribution >= 0.6 is 11.8 Å². The highest BCUT2D eigenvalue weighted by atomic mass is 32.2. The van der Waals surface area contributed by atoms with E-state index in [1.54, 1.807) is 0 Å². The predicted molar refractivity (Wildman–Crippen MR) is 96.2 cm³/mol. The van der Waals surface area contributed by atoms with Crippen molar-refractivity contribution in [3.63, 3.8) is 0 Å². The van der Waals surface area contributed by atoms with Crippen LogP contribution in [0.3, 0.4) is 0 Å². The van der Waals surface area contributed by atoms with Gasteiger partial charge in [0.1, 0.15) is 11.5 Å². The summed E-state index contributed by atoms with van der Waals surface area (Å²) in [6.07, 6.45) is 2.17. The lowest BCUT2D eigenvalue weighted by molar-refractivity contribution is 0.481. The van der Waals surface area contributed by atoms with E-state index in [4.69, 9.17) is 10.5 Å². The van der Waals surface area contributed by atoms with Crippen LogP contribution in [0.15, 0.2) is 42.5 Å². The maximum atomic E-state index is 6.08. The van der Waals surface area contributed by atoms with Gasteiger partial charge in [-0.2, -0.15) is 0 Å². The topological polar surface area (TPSA) is 47.3 Å². The molecule has 0 radical (unpaired) electrons. The van der Waals surface area contributed by atoms with Gasteiger partial charge in [0.2, 0.25) is 0 Å². The molecule has 0 amide bonds. The summed E-state index contributed by atoms with van der Waals surface area (Å²) < 4.78 is 6.08. The molecule has 1 aliphatic rings. The number of thioether (sulfide) groups is 1. The Hall–Kier alpha value is -1.91. The lowest BCUT2D eigenvalue weighted by Gasteiger charge is -2.10. The number of para-hydroxylation sites is 1. The summed E-state index contributed by atoms with van der Waals surface area (Å²) in [4.78, 5) is 1.22. The van der Waals surface area contributed by atoms with E-state index in [1.165, 1.54) is 4.91 Å². The van der Waals surface area contributed by atoms with Crippen LogP contribution in [0.2, 0.25) is 0 Å².